The Kier molecular flexibility index (Phi) is 4.73. The normalized spacial score (nSPS) is 16.1. The largest absolute Gasteiger partial charge is 0.478 e. The Balaban J connectivity index is 1.88. The number of halogens is 1. The van der Waals surface area contributed by atoms with Gasteiger partial charge in [-0.15, -0.1) is 0 Å². The first kappa shape index (κ1) is 14.9. The van der Waals surface area contributed by atoms with Crippen LogP contribution < -0.4 is 5.32 Å². The second-order valence-corrected chi connectivity index (χ2v) is 5.46. The van der Waals surface area contributed by atoms with Crippen LogP contribution in [0.5, 0.6) is 0 Å². The summed E-state index contributed by atoms with van der Waals surface area (Å²) in [7, 11) is 1.69. The second kappa shape index (κ2) is 6.33. The van der Waals surface area contributed by atoms with Crippen molar-refractivity contribution in [1.82, 2.24) is 5.32 Å². The van der Waals surface area contributed by atoms with Gasteiger partial charge in [0.15, 0.2) is 0 Å². The Morgan fingerprint density at radius 1 is 1.50 bits per heavy atom. The molecule has 0 spiro atoms. The number of carboxylic acids is 1. The molecular weight excluding hydrogens is 261 g/mol. The number of ether oxygens (including phenoxy) is 1. The summed E-state index contributed by atoms with van der Waals surface area (Å²) in [4.78, 5) is 10.9. The average molecular weight is 281 g/mol. The lowest BCUT2D eigenvalue weighted by Crippen LogP contribution is -2.25. The SMILES string of the molecule is COCCC1(CNCc2cc(C(=O)O)ccc2F)CC1. The van der Waals surface area contributed by atoms with Crippen LogP contribution in [0, 0.1) is 11.2 Å². The Labute approximate surface area is 117 Å². The van der Waals surface area contributed by atoms with Gasteiger partial charge in [0.25, 0.3) is 0 Å². The van der Waals surface area contributed by atoms with Crippen LogP contribution in [0.1, 0.15) is 35.2 Å². The summed E-state index contributed by atoms with van der Waals surface area (Å²) < 4.78 is 18.7. The summed E-state index contributed by atoms with van der Waals surface area (Å²) in [6.07, 6.45) is 3.34. The van der Waals surface area contributed by atoms with Crippen LogP contribution in [0.4, 0.5) is 4.39 Å². The molecule has 4 nitrogen and oxygen atoms in total. The van der Waals surface area contributed by atoms with E-state index in [0.29, 0.717) is 12.1 Å². The van der Waals surface area contributed by atoms with E-state index >= 15 is 0 Å². The maximum atomic E-state index is 13.6. The maximum absolute atomic E-state index is 13.6. The van der Waals surface area contributed by atoms with Crippen molar-refractivity contribution in [3.05, 3.63) is 35.1 Å². The number of benzene rings is 1. The van der Waals surface area contributed by atoms with E-state index in [2.05, 4.69) is 5.32 Å². The third-order valence-corrected chi connectivity index (χ3v) is 3.90. The molecule has 0 heterocycles. The van der Waals surface area contributed by atoms with Gasteiger partial charge in [-0.2, -0.15) is 0 Å². The van der Waals surface area contributed by atoms with Crippen molar-refractivity contribution in [2.45, 2.75) is 25.8 Å². The molecule has 0 radical (unpaired) electrons. The second-order valence-electron chi connectivity index (χ2n) is 5.46. The number of rotatable bonds is 8. The summed E-state index contributed by atoms with van der Waals surface area (Å²) in [5.74, 6) is -1.41. The standard InChI is InChI=1S/C15H20FNO3/c1-20-7-6-15(4-5-15)10-17-9-12-8-11(14(18)19)2-3-13(12)16/h2-3,8,17H,4-7,9-10H2,1H3,(H,18,19). The van der Waals surface area contributed by atoms with Gasteiger partial charge < -0.3 is 15.2 Å². The number of nitrogens with one attached hydrogen (secondary N) is 1. The first-order chi connectivity index (χ1) is 9.56. The smallest absolute Gasteiger partial charge is 0.335 e. The minimum absolute atomic E-state index is 0.115. The van der Waals surface area contributed by atoms with Crippen LogP contribution in [-0.2, 0) is 11.3 Å². The molecule has 1 aliphatic rings. The van der Waals surface area contributed by atoms with Crippen molar-refractivity contribution in [3.63, 3.8) is 0 Å². The molecule has 1 aliphatic carbocycles. The molecule has 0 amide bonds. The fourth-order valence-corrected chi connectivity index (χ4v) is 2.32. The van der Waals surface area contributed by atoms with Crippen molar-refractivity contribution in [3.8, 4) is 0 Å². The Bertz CT molecular complexity index is 486. The van der Waals surface area contributed by atoms with Crippen LogP contribution in [0.15, 0.2) is 18.2 Å². The number of carboxylic acid groups (broad SMARTS) is 1. The zero-order valence-electron chi connectivity index (χ0n) is 11.6. The lowest BCUT2D eigenvalue weighted by Gasteiger charge is -2.15. The fourth-order valence-electron chi connectivity index (χ4n) is 2.32. The van der Waals surface area contributed by atoms with Gasteiger partial charge in [0.05, 0.1) is 5.56 Å². The van der Waals surface area contributed by atoms with Crippen molar-refractivity contribution < 1.29 is 19.0 Å². The van der Waals surface area contributed by atoms with Gasteiger partial charge in [-0.25, -0.2) is 9.18 Å². The number of hydrogen-bond donors (Lipinski definition) is 2. The highest BCUT2D eigenvalue weighted by molar-refractivity contribution is 5.87. The first-order valence-corrected chi connectivity index (χ1v) is 6.78. The Hall–Kier alpha value is -1.46. The van der Waals surface area contributed by atoms with Crippen LogP contribution in [0.25, 0.3) is 0 Å². The number of carbonyl (C=O) groups is 1. The molecule has 0 saturated heterocycles. The van der Waals surface area contributed by atoms with E-state index in [1.165, 1.54) is 31.0 Å². The molecule has 0 atom stereocenters. The van der Waals surface area contributed by atoms with Crippen LogP contribution in [-0.4, -0.2) is 31.3 Å². The molecule has 0 aromatic heterocycles. The van der Waals surface area contributed by atoms with Crippen molar-refractivity contribution in [1.29, 1.82) is 0 Å². The van der Waals surface area contributed by atoms with Gasteiger partial charge in [0.1, 0.15) is 5.82 Å². The predicted molar refractivity (Wildman–Crippen MR) is 73.2 cm³/mol. The molecule has 2 rings (SSSR count). The monoisotopic (exact) mass is 281 g/mol. The Morgan fingerprint density at radius 3 is 2.85 bits per heavy atom. The van der Waals surface area contributed by atoms with Crippen molar-refractivity contribution >= 4 is 5.97 Å². The van der Waals surface area contributed by atoms with Crippen molar-refractivity contribution in [2.75, 3.05) is 20.3 Å². The predicted octanol–water partition coefficient (Wildman–Crippen LogP) is 2.43. The van der Waals surface area contributed by atoms with E-state index in [9.17, 15) is 9.18 Å². The Morgan fingerprint density at radius 2 is 2.25 bits per heavy atom. The minimum Gasteiger partial charge on any atom is -0.478 e. The highest BCUT2D eigenvalue weighted by Crippen LogP contribution is 2.48. The molecule has 110 valence electrons. The lowest BCUT2D eigenvalue weighted by atomic mass is 10.0. The first-order valence-electron chi connectivity index (χ1n) is 6.78. The van der Waals surface area contributed by atoms with Crippen LogP contribution >= 0.6 is 0 Å². The minimum atomic E-state index is -1.04. The van der Waals surface area contributed by atoms with Gasteiger partial charge in [-0.1, -0.05) is 0 Å². The molecular formula is C15H20FNO3. The van der Waals surface area contributed by atoms with E-state index in [1.54, 1.807) is 7.11 Å². The maximum Gasteiger partial charge on any atom is 0.335 e. The average Bonchev–Trinajstić information content (AvgIpc) is 3.19. The van der Waals surface area contributed by atoms with Crippen LogP contribution in [0.2, 0.25) is 0 Å². The third-order valence-electron chi connectivity index (χ3n) is 3.90. The molecule has 5 heteroatoms. The molecule has 1 aromatic carbocycles. The van der Waals surface area contributed by atoms with Crippen molar-refractivity contribution in [2.24, 2.45) is 5.41 Å². The molecule has 0 aliphatic heterocycles. The quantitative estimate of drug-likeness (QED) is 0.768. The molecule has 0 bridgehead atoms. The summed E-state index contributed by atoms with van der Waals surface area (Å²) in [5, 5.41) is 12.1. The van der Waals surface area contributed by atoms with Gasteiger partial charge in [-0.3, -0.25) is 0 Å². The fraction of sp³-hybridized carbons (Fsp3) is 0.533. The van der Waals surface area contributed by atoms with E-state index in [0.717, 1.165) is 19.6 Å². The van der Waals surface area contributed by atoms with E-state index in [4.69, 9.17) is 9.84 Å². The molecule has 1 aromatic rings. The third kappa shape index (κ3) is 3.77. The summed E-state index contributed by atoms with van der Waals surface area (Å²) in [5.41, 5.74) is 0.799. The van der Waals surface area contributed by atoms with Gasteiger partial charge in [0, 0.05) is 32.4 Å². The van der Waals surface area contributed by atoms with Gasteiger partial charge in [-0.05, 0) is 42.9 Å². The number of aromatic carboxylic acids is 1. The zero-order chi connectivity index (χ0) is 14.6. The van der Waals surface area contributed by atoms with E-state index in [1.807, 2.05) is 0 Å². The summed E-state index contributed by atoms with van der Waals surface area (Å²) in [6.45, 7) is 1.90. The number of hydrogen-bond acceptors (Lipinski definition) is 3. The topological polar surface area (TPSA) is 58.6 Å². The van der Waals surface area contributed by atoms with Gasteiger partial charge >= 0.3 is 5.97 Å². The highest BCUT2D eigenvalue weighted by atomic mass is 19.1. The molecule has 2 N–H and O–H groups in total. The van der Waals surface area contributed by atoms with Gasteiger partial charge in [0.2, 0.25) is 0 Å². The van der Waals surface area contributed by atoms with Crippen LogP contribution in [0.3, 0.4) is 0 Å². The highest BCUT2D eigenvalue weighted by Gasteiger charge is 2.41. The number of methoxy groups -OCH3 is 1. The zero-order valence-corrected chi connectivity index (χ0v) is 11.6. The summed E-state index contributed by atoms with van der Waals surface area (Å²) in [6, 6.07) is 3.87. The lowest BCUT2D eigenvalue weighted by molar-refractivity contribution is 0.0696. The molecule has 20 heavy (non-hydrogen) atoms. The molecule has 1 fully saturated rings. The molecule has 0 unspecified atom stereocenters. The summed E-state index contributed by atoms with van der Waals surface area (Å²) >= 11 is 0. The molecule has 1 saturated carbocycles. The van der Waals surface area contributed by atoms with E-state index in [-0.39, 0.29) is 16.8 Å². The van der Waals surface area contributed by atoms with E-state index < -0.39 is 5.97 Å².